The number of ether oxygens (including phenoxy) is 1. The molecule has 4 nitrogen and oxygen atoms in total. The lowest BCUT2D eigenvalue weighted by Gasteiger charge is -2.23. The van der Waals surface area contributed by atoms with Gasteiger partial charge in [0, 0.05) is 18.3 Å². The SMILES string of the molecule is CCC1CCCCCCCCCCCCC(Nc2cccc(CNC(=O)OC)c2)CC1. The summed E-state index contributed by atoms with van der Waals surface area (Å²) in [5.41, 5.74) is 2.26. The summed E-state index contributed by atoms with van der Waals surface area (Å²) in [4.78, 5) is 11.4. The number of nitrogens with one attached hydrogen (secondary N) is 2. The summed E-state index contributed by atoms with van der Waals surface area (Å²) in [5, 5.41) is 6.60. The zero-order valence-electron chi connectivity index (χ0n) is 20.1. The minimum Gasteiger partial charge on any atom is -0.453 e. The molecule has 2 unspecified atom stereocenters. The van der Waals surface area contributed by atoms with E-state index >= 15 is 0 Å². The highest BCUT2D eigenvalue weighted by Crippen LogP contribution is 2.25. The van der Waals surface area contributed by atoms with Crippen molar-refractivity contribution in [1.29, 1.82) is 0 Å². The molecular formula is C27H46N2O2. The van der Waals surface area contributed by atoms with Gasteiger partial charge < -0.3 is 15.4 Å². The normalized spacial score (nSPS) is 22.4. The molecule has 1 aliphatic carbocycles. The molecule has 0 bridgehead atoms. The van der Waals surface area contributed by atoms with Gasteiger partial charge in [-0.25, -0.2) is 4.79 Å². The Morgan fingerprint density at radius 2 is 1.55 bits per heavy atom. The number of alkyl carbamates (subject to hydrolysis) is 1. The van der Waals surface area contributed by atoms with Crippen LogP contribution in [0.25, 0.3) is 0 Å². The average molecular weight is 431 g/mol. The van der Waals surface area contributed by atoms with Crippen LogP contribution in [0.1, 0.15) is 109 Å². The van der Waals surface area contributed by atoms with Crippen molar-refractivity contribution in [2.75, 3.05) is 12.4 Å². The third kappa shape index (κ3) is 11.5. The number of anilines is 1. The molecule has 0 aromatic heterocycles. The van der Waals surface area contributed by atoms with Crippen molar-refractivity contribution in [3.05, 3.63) is 29.8 Å². The van der Waals surface area contributed by atoms with Gasteiger partial charge in [-0.3, -0.25) is 0 Å². The molecule has 0 radical (unpaired) electrons. The number of amides is 1. The highest BCUT2D eigenvalue weighted by molar-refractivity contribution is 5.67. The van der Waals surface area contributed by atoms with E-state index in [1.807, 2.05) is 6.07 Å². The van der Waals surface area contributed by atoms with Crippen molar-refractivity contribution < 1.29 is 9.53 Å². The molecule has 2 rings (SSSR count). The fraction of sp³-hybridized carbons (Fsp3) is 0.741. The van der Waals surface area contributed by atoms with Gasteiger partial charge in [0.05, 0.1) is 7.11 Å². The van der Waals surface area contributed by atoms with E-state index in [-0.39, 0.29) is 6.09 Å². The lowest BCUT2D eigenvalue weighted by Crippen LogP contribution is -2.23. The van der Waals surface area contributed by atoms with Crippen molar-refractivity contribution in [2.24, 2.45) is 5.92 Å². The van der Waals surface area contributed by atoms with Crippen LogP contribution in [-0.4, -0.2) is 19.2 Å². The van der Waals surface area contributed by atoms with Gasteiger partial charge in [0.1, 0.15) is 0 Å². The molecule has 1 amide bonds. The largest absolute Gasteiger partial charge is 0.453 e. The number of rotatable bonds is 5. The summed E-state index contributed by atoms with van der Waals surface area (Å²) < 4.78 is 4.68. The van der Waals surface area contributed by atoms with E-state index in [0.717, 1.165) is 17.2 Å². The third-order valence-corrected chi connectivity index (χ3v) is 6.84. The van der Waals surface area contributed by atoms with Gasteiger partial charge in [-0.05, 0) is 42.9 Å². The standard InChI is InChI=1S/C27H46N2O2/c1-3-23-15-12-10-8-6-4-5-7-9-11-13-17-25(20-19-23)29-26-18-14-16-24(21-26)22-28-27(30)31-2/h14,16,18,21,23,25,29H,3-13,15,17,19-20,22H2,1-2H3,(H,28,30). The summed E-state index contributed by atoms with van der Waals surface area (Å²) in [6.07, 6.45) is 20.2. The van der Waals surface area contributed by atoms with E-state index in [2.05, 4.69) is 40.5 Å². The number of hydrogen-bond acceptors (Lipinski definition) is 3. The molecule has 1 aromatic carbocycles. The summed E-state index contributed by atoms with van der Waals surface area (Å²) in [6.45, 7) is 2.86. The Labute approximate surface area is 190 Å². The van der Waals surface area contributed by atoms with Crippen LogP contribution in [0, 0.1) is 5.92 Å². The van der Waals surface area contributed by atoms with Gasteiger partial charge >= 0.3 is 6.09 Å². The zero-order valence-corrected chi connectivity index (χ0v) is 20.1. The Hall–Kier alpha value is -1.71. The Morgan fingerprint density at radius 3 is 2.19 bits per heavy atom. The quantitative estimate of drug-likeness (QED) is 0.500. The molecule has 0 saturated heterocycles. The van der Waals surface area contributed by atoms with Gasteiger partial charge in [-0.1, -0.05) is 96.1 Å². The minimum absolute atomic E-state index is 0.387. The first-order chi connectivity index (χ1) is 15.2. The molecule has 1 aliphatic rings. The van der Waals surface area contributed by atoms with E-state index in [1.165, 1.54) is 103 Å². The number of hydrogen-bond donors (Lipinski definition) is 2. The summed E-state index contributed by atoms with van der Waals surface area (Å²) >= 11 is 0. The number of carbonyl (C=O) groups is 1. The summed E-state index contributed by atoms with van der Waals surface area (Å²) in [6, 6.07) is 8.96. The molecule has 0 spiro atoms. The molecule has 4 heteroatoms. The van der Waals surface area contributed by atoms with Crippen LogP contribution in [0.5, 0.6) is 0 Å². The number of benzene rings is 1. The van der Waals surface area contributed by atoms with Crippen LogP contribution in [0.2, 0.25) is 0 Å². The Bertz CT molecular complexity index is 605. The first-order valence-corrected chi connectivity index (χ1v) is 12.9. The second-order valence-corrected chi connectivity index (χ2v) is 9.35. The van der Waals surface area contributed by atoms with E-state index in [4.69, 9.17) is 0 Å². The highest BCUT2D eigenvalue weighted by Gasteiger charge is 2.14. The molecule has 176 valence electrons. The van der Waals surface area contributed by atoms with Gasteiger partial charge in [0.2, 0.25) is 0 Å². The number of methoxy groups -OCH3 is 1. The van der Waals surface area contributed by atoms with Crippen LogP contribution in [0.4, 0.5) is 10.5 Å². The van der Waals surface area contributed by atoms with E-state index in [1.54, 1.807) is 0 Å². The zero-order chi connectivity index (χ0) is 22.2. The Kier molecular flexibility index (Phi) is 13.2. The molecule has 1 saturated carbocycles. The maximum atomic E-state index is 11.4. The molecule has 1 fully saturated rings. The molecular weight excluding hydrogens is 384 g/mol. The molecule has 31 heavy (non-hydrogen) atoms. The van der Waals surface area contributed by atoms with E-state index < -0.39 is 0 Å². The van der Waals surface area contributed by atoms with Crippen LogP contribution < -0.4 is 10.6 Å². The van der Waals surface area contributed by atoms with Crippen LogP contribution in [-0.2, 0) is 11.3 Å². The minimum atomic E-state index is -0.387. The molecule has 2 N–H and O–H groups in total. The Morgan fingerprint density at radius 1 is 0.903 bits per heavy atom. The fourth-order valence-electron chi connectivity index (χ4n) is 4.77. The molecule has 2 atom stereocenters. The van der Waals surface area contributed by atoms with Crippen LogP contribution >= 0.6 is 0 Å². The maximum Gasteiger partial charge on any atom is 0.407 e. The van der Waals surface area contributed by atoms with Gasteiger partial charge in [0.15, 0.2) is 0 Å². The monoisotopic (exact) mass is 430 g/mol. The van der Waals surface area contributed by atoms with Crippen LogP contribution in [0.3, 0.4) is 0 Å². The van der Waals surface area contributed by atoms with E-state index in [9.17, 15) is 4.79 Å². The molecule has 0 heterocycles. The fourth-order valence-corrected chi connectivity index (χ4v) is 4.77. The first kappa shape index (κ1) is 25.5. The lowest BCUT2D eigenvalue weighted by molar-refractivity contribution is 0.170. The lowest BCUT2D eigenvalue weighted by atomic mass is 9.90. The predicted octanol–water partition coefficient (Wildman–Crippen LogP) is 7.82. The summed E-state index contributed by atoms with van der Waals surface area (Å²) in [5.74, 6) is 0.868. The van der Waals surface area contributed by atoms with Crippen LogP contribution in [0.15, 0.2) is 24.3 Å². The second-order valence-electron chi connectivity index (χ2n) is 9.35. The maximum absolute atomic E-state index is 11.4. The van der Waals surface area contributed by atoms with Gasteiger partial charge in [0.25, 0.3) is 0 Å². The average Bonchev–Trinajstić information content (AvgIpc) is 2.79. The predicted molar refractivity (Wildman–Crippen MR) is 132 cm³/mol. The second kappa shape index (κ2) is 16.0. The van der Waals surface area contributed by atoms with Crippen molar-refractivity contribution in [1.82, 2.24) is 5.32 Å². The molecule has 0 aliphatic heterocycles. The highest BCUT2D eigenvalue weighted by atomic mass is 16.5. The van der Waals surface area contributed by atoms with Crippen molar-refractivity contribution in [2.45, 2.75) is 116 Å². The van der Waals surface area contributed by atoms with Crippen molar-refractivity contribution in [3.63, 3.8) is 0 Å². The summed E-state index contributed by atoms with van der Waals surface area (Å²) in [7, 11) is 1.40. The van der Waals surface area contributed by atoms with E-state index in [0.29, 0.717) is 12.6 Å². The van der Waals surface area contributed by atoms with Gasteiger partial charge in [-0.2, -0.15) is 0 Å². The smallest absolute Gasteiger partial charge is 0.407 e. The Balaban J connectivity index is 1.93. The number of carbonyl (C=O) groups excluding carboxylic acids is 1. The third-order valence-electron chi connectivity index (χ3n) is 6.84. The van der Waals surface area contributed by atoms with Crippen molar-refractivity contribution in [3.8, 4) is 0 Å². The van der Waals surface area contributed by atoms with Crippen molar-refractivity contribution >= 4 is 11.8 Å². The topological polar surface area (TPSA) is 50.4 Å². The van der Waals surface area contributed by atoms with Gasteiger partial charge in [-0.15, -0.1) is 0 Å². The first-order valence-electron chi connectivity index (χ1n) is 12.9. The molecule has 1 aromatic rings.